The van der Waals surface area contributed by atoms with Crippen molar-refractivity contribution in [2.45, 2.75) is 38.3 Å². The van der Waals surface area contributed by atoms with Gasteiger partial charge in [-0.05, 0) is 24.1 Å². The van der Waals surface area contributed by atoms with Gasteiger partial charge >= 0.3 is 0 Å². The summed E-state index contributed by atoms with van der Waals surface area (Å²) in [5.74, 6) is 1.53. The van der Waals surface area contributed by atoms with Crippen LogP contribution >= 0.6 is 11.8 Å². The van der Waals surface area contributed by atoms with Gasteiger partial charge in [0.15, 0.2) is 5.16 Å². The minimum atomic E-state index is -0.0386. The third kappa shape index (κ3) is 4.10. The van der Waals surface area contributed by atoms with Crippen LogP contribution in [-0.2, 0) is 18.3 Å². The van der Waals surface area contributed by atoms with E-state index in [0.29, 0.717) is 11.7 Å². The maximum atomic E-state index is 12.0. The Labute approximate surface area is 135 Å². The summed E-state index contributed by atoms with van der Waals surface area (Å²) in [7, 11) is 1.93. The molecule has 0 radical (unpaired) electrons. The third-order valence-electron chi connectivity index (χ3n) is 3.36. The minimum Gasteiger partial charge on any atom is -0.325 e. The van der Waals surface area contributed by atoms with E-state index in [1.807, 2.05) is 35.9 Å². The second-order valence-electron chi connectivity index (χ2n) is 5.44. The van der Waals surface area contributed by atoms with Crippen LogP contribution in [0.5, 0.6) is 0 Å². The van der Waals surface area contributed by atoms with Gasteiger partial charge in [0.25, 0.3) is 0 Å². The molecule has 6 heteroatoms. The number of benzene rings is 1. The summed E-state index contributed by atoms with van der Waals surface area (Å²) in [4.78, 5) is 12.0. The highest BCUT2D eigenvalue weighted by Gasteiger charge is 2.13. The van der Waals surface area contributed by atoms with Gasteiger partial charge < -0.3 is 9.88 Å². The molecule has 1 N–H and O–H groups in total. The fraction of sp³-hybridized carbons (Fsp3) is 0.438. The monoisotopic (exact) mass is 318 g/mol. The summed E-state index contributed by atoms with van der Waals surface area (Å²) in [6, 6.07) is 7.92. The fourth-order valence-electron chi connectivity index (χ4n) is 2.11. The molecule has 0 atom stereocenters. The van der Waals surface area contributed by atoms with Crippen molar-refractivity contribution in [2.75, 3.05) is 11.1 Å². The summed E-state index contributed by atoms with van der Waals surface area (Å²) >= 11 is 1.40. The lowest BCUT2D eigenvalue weighted by Gasteiger charge is -2.07. The molecule has 0 bridgehead atoms. The first-order chi connectivity index (χ1) is 10.5. The summed E-state index contributed by atoms with van der Waals surface area (Å²) in [5, 5.41) is 12.0. The molecule has 0 saturated carbocycles. The highest BCUT2D eigenvalue weighted by atomic mass is 32.2. The van der Waals surface area contributed by atoms with Crippen LogP contribution in [0.3, 0.4) is 0 Å². The minimum absolute atomic E-state index is 0.0386. The van der Waals surface area contributed by atoms with Gasteiger partial charge in [-0.15, -0.1) is 10.2 Å². The van der Waals surface area contributed by atoms with Crippen LogP contribution in [-0.4, -0.2) is 26.4 Å². The van der Waals surface area contributed by atoms with Crippen LogP contribution in [0.25, 0.3) is 0 Å². The average molecular weight is 318 g/mol. The lowest BCUT2D eigenvalue weighted by Crippen LogP contribution is -2.14. The molecule has 118 valence electrons. The standard InChI is InChI=1S/C16H22N4OS/c1-5-12-6-8-13(9-7-12)17-14(21)10-22-16-19-18-15(11(2)3)20(16)4/h6-9,11H,5,10H2,1-4H3,(H,17,21). The smallest absolute Gasteiger partial charge is 0.234 e. The van der Waals surface area contributed by atoms with Crippen LogP contribution in [0.1, 0.15) is 38.1 Å². The molecule has 2 rings (SSSR count). The summed E-state index contributed by atoms with van der Waals surface area (Å²) < 4.78 is 1.94. The Kier molecular flexibility index (Phi) is 5.60. The molecule has 1 aromatic carbocycles. The van der Waals surface area contributed by atoms with E-state index < -0.39 is 0 Å². The van der Waals surface area contributed by atoms with Gasteiger partial charge in [-0.3, -0.25) is 4.79 Å². The first kappa shape index (κ1) is 16.5. The number of nitrogens with zero attached hydrogens (tertiary/aromatic N) is 3. The molecule has 2 aromatic rings. The van der Waals surface area contributed by atoms with Crippen LogP contribution in [0.4, 0.5) is 5.69 Å². The fourth-order valence-corrected chi connectivity index (χ4v) is 2.82. The Morgan fingerprint density at radius 3 is 2.50 bits per heavy atom. The number of hydrogen-bond acceptors (Lipinski definition) is 4. The van der Waals surface area contributed by atoms with Gasteiger partial charge in [-0.25, -0.2) is 0 Å². The molecule has 0 spiro atoms. The number of rotatable bonds is 6. The molecule has 22 heavy (non-hydrogen) atoms. The van der Waals surface area contributed by atoms with Gasteiger partial charge in [0.2, 0.25) is 5.91 Å². The SMILES string of the molecule is CCc1ccc(NC(=O)CSc2nnc(C(C)C)n2C)cc1. The molecule has 0 aliphatic carbocycles. The van der Waals surface area contributed by atoms with Gasteiger partial charge in [0, 0.05) is 18.7 Å². The number of carbonyl (C=O) groups is 1. The number of aryl methyl sites for hydroxylation is 1. The Hall–Kier alpha value is -1.82. The quantitative estimate of drug-likeness (QED) is 0.831. The third-order valence-corrected chi connectivity index (χ3v) is 4.38. The van der Waals surface area contributed by atoms with Gasteiger partial charge in [-0.1, -0.05) is 44.7 Å². The molecule has 1 amide bonds. The van der Waals surface area contributed by atoms with E-state index in [1.54, 1.807) is 0 Å². The molecule has 0 saturated heterocycles. The number of amides is 1. The van der Waals surface area contributed by atoms with Crippen LogP contribution in [0.15, 0.2) is 29.4 Å². The molecule has 5 nitrogen and oxygen atoms in total. The normalized spacial score (nSPS) is 11.0. The number of nitrogens with one attached hydrogen (secondary N) is 1. The first-order valence-corrected chi connectivity index (χ1v) is 8.40. The van der Waals surface area contributed by atoms with Crippen molar-refractivity contribution in [1.82, 2.24) is 14.8 Å². The maximum absolute atomic E-state index is 12.0. The number of aromatic nitrogens is 3. The zero-order valence-electron chi connectivity index (χ0n) is 13.5. The molecule has 0 fully saturated rings. The number of anilines is 1. The van der Waals surface area contributed by atoms with E-state index in [2.05, 4.69) is 36.3 Å². The average Bonchev–Trinajstić information content (AvgIpc) is 2.87. The van der Waals surface area contributed by atoms with E-state index in [-0.39, 0.29) is 5.91 Å². The van der Waals surface area contributed by atoms with Crippen molar-refractivity contribution in [3.05, 3.63) is 35.7 Å². The lowest BCUT2D eigenvalue weighted by atomic mass is 10.1. The number of hydrogen-bond donors (Lipinski definition) is 1. The highest BCUT2D eigenvalue weighted by Crippen LogP contribution is 2.20. The second-order valence-corrected chi connectivity index (χ2v) is 6.38. The van der Waals surface area contributed by atoms with Crippen LogP contribution in [0, 0.1) is 0 Å². The largest absolute Gasteiger partial charge is 0.325 e. The first-order valence-electron chi connectivity index (χ1n) is 7.42. The topological polar surface area (TPSA) is 59.8 Å². The van der Waals surface area contributed by atoms with E-state index in [4.69, 9.17) is 0 Å². The summed E-state index contributed by atoms with van der Waals surface area (Å²) in [5.41, 5.74) is 2.08. The van der Waals surface area contributed by atoms with Crippen molar-refractivity contribution in [2.24, 2.45) is 7.05 Å². The van der Waals surface area contributed by atoms with E-state index in [0.717, 1.165) is 23.1 Å². The summed E-state index contributed by atoms with van der Waals surface area (Å²) in [6.45, 7) is 6.26. The predicted octanol–water partition coefficient (Wildman–Crippen LogP) is 3.23. The number of thioether (sulfide) groups is 1. The molecular formula is C16H22N4OS. The Morgan fingerprint density at radius 1 is 1.27 bits per heavy atom. The number of carbonyl (C=O) groups excluding carboxylic acids is 1. The van der Waals surface area contributed by atoms with Crippen LogP contribution in [0.2, 0.25) is 0 Å². The van der Waals surface area contributed by atoms with Gasteiger partial charge in [-0.2, -0.15) is 0 Å². The zero-order valence-corrected chi connectivity index (χ0v) is 14.3. The van der Waals surface area contributed by atoms with Crippen molar-refractivity contribution in [3.8, 4) is 0 Å². The maximum Gasteiger partial charge on any atom is 0.234 e. The Bertz CT molecular complexity index is 634. The van der Waals surface area contributed by atoms with Gasteiger partial charge in [0.1, 0.15) is 5.82 Å². The summed E-state index contributed by atoms with van der Waals surface area (Å²) in [6.07, 6.45) is 0.994. The zero-order chi connectivity index (χ0) is 16.1. The second kappa shape index (κ2) is 7.45. The Balaban J connectivity index is 1.89. The molecule has 0 aliphatic heterocycles. The molecule has 0 aliphatic rings. The molecule has 0 unspecified atom stereocenters. The van der Waals surface area contributed by atoms with Crippen molar-refractivity contribution in [3.63, 3.8) is 0 Å². The molecule has 1 aromatic heterocycles. The van der Waals surface area contributed by atoms with Crippen molar-refractivity contribution in [1.29, 1.82) is 0 Å². The lowest BCUT2D eigenvalue weighted by molar-refractivity contribution is -0.113. The van der Waals surface area contributed by atoms with E-state index in [1.165, 1.54) is 17.3 Å². The Morgan fingerprint density at radius 2 is 1.95 bits per heavy atom. The van der Waals surface area contributed by atoms with E-state index >= 15 is 0 Å². The van der Waals surface area contributed by atoms with Crippen molar-refractivity contribution < 1.29 is 4.79 Å². The molecule has 1 heterocycles. The van der Waals surface area contributed by atoms with Crippen molar-refractivity contribution >= 4 is 23.4 Å². The molecular weight excluding hydrogens is 296 g/mol. The van der Waals surface area contributed by atoms with Gasteiger partial charge in [0.05, 0.1) is 5.75 Å². The van der Waals surface area contributed by atoms with Crippen LogP contribution < -0.4 is 5.32 Å². The highest BCUT2D eigenvalue weighted by molar-refractivity contribution is 7.99. The van der Waals surface area contributed by atoms with E-state index in [9.17, 15) is 4.79 Å². The predicted molar refractivity (Wildman–Crippen MR) is 90.3 cm³/mol.